The molecule has 1 saturated heterocycles. The normalized spacial score (nSPS) is 29.3. The fourth-order valence-corrected chi connectivity index (χ4v) is 2.23. The van der Waals surface area contributed by atoms with Crippen molar-refractivity contribution in [3.63, 3.8) is 0 Å². The summed E-state index contributed by atoms with van der Waals surface area (Å²) in [5.41, 5.74) is 1.06. The minimum absolute atomic E-state index is 0.268. The van der Waals surface area contributed by atoms with E-state index >= 15 is 0 Å². The van der Waals surface area contributed by atoms with Crippen LogP contribution in [0.25, 0.3) is 0 Å². The summed E-state index contributed by atoms with van der Waals surface area (Å²) in [4.78, 5) is 11.0. The molecule has 0 aliphatic carbocycles. The fourth-order valence-electron chi connectivity index (χ4n) is 2.23. The molecule has 3 nitrogen and oxygen atoms in total. The highest BCUT2D eigenvalue weighted by Crippen LogP contribution is 2.38. The van der Waals surface area contributed by atoms with E-state index in [1.165, 1.54) is 5.56 Å². The van der Waals surface area contributed by atoms with Gasteiger partial charge >= 0.3 is 0 Å². The highest BCUT2D eigenvalue weighted by atomic mass is 17.2. The lowest BCUT2D eigenvalue weighted by Crippen LogP contribution is -2.45. The van der Waals surface area contributed by atoms with Crippen molar-refractivity contribution in [2.24, 2.45) is 0 Å². The van der Waals surface area contributed by atoms with Crippen LogP contribution in [-0.2, 0) is 15.4 Å². The first kappa shape index (κ1) is 13.5. The largest absolute Gasteiger partial charge is 0.388 e. The number of aliphatic hydroxyl groups is 1. The summed E-state index contributed by atoms with van der Waals surface area (Å²) in [6.45, 7) is 7.58. The van der Waals surface area contributed by atoms with Crippen molar-refractivity contribution in [3.05, 3.63) is 35.4 Å². The summed E-state index contributed by atoms with van der Waals surface area (Å²) in [5.74, 6) is 0. The van der Waals surface area contributed by atoms with Crippen LogP contribution in [0.1, 0.15) is 44.7 Å². The Kier molecular flexibility index (Phi) is 3.49. The van der Waals surface area contributed by atoms with Crippen LogP contribution in [0.3, 0.4) is 0 Å². The summed E-state index contributed by atoms with van der Waals surface area (Å²) < 4.78 is 0. The SMILES string of the molecule is Cc1ccc(C2(C)CCC(C(C)(C)O)OO2)cc1. The number of benzene rings is 1. The van der Waals surface area contributed by atoms with Crippen LogP contribution in [0.15, 0.2) is 24.3 Å². The molecule has 1 heterocycles. The standard InChI is InChI=1S/C15H22O3/c1-11-5-7-12(8-6-11)15(4)10-9-13(17-18-15)14(2,3)16/h5-8,13,16H,9-10H2,1-4H3. The molecule has 2 atom stereocenters. The molecule has 100 valence electrons. The molecule has 0 spiro atoms. The van der Waals surface area contributed by atoms with Crippen molar-refractivity contribution in [3.8, 4) is 0 Å². The van der Waals surface area contributed by atoms with E-state index in [1.54, 1.807) is 13.8 Å². The molecule has 1 fully saturated rings. The molecule has 0 amide bonds. The molecular weight excluding hydrogens is 228 g/mol. The minimum Gasteiger partial charge on any atom is -0.388 e. The molecule has 0 aromatic heterocycles. The number of rotatable bonds is 2. The van der Waals surface area contributed by atoms with E-state index in [1.807, 2.05) is 6.92 Å². The molecular formula is C15H22O3. The van der Waals surface area contributed by atoms with Crippen molar-refractivity contribution in [1.29, 1.82) is 0 Å². The average Bonchev–Trinajstić information content (AvgIpc) is 2.29. The van der Waals surface area contributed by atoms with Gasteiger partial charge in [0.25, 0.3) is 0 Å². The van der Waals surface area contributed by atoms with Crippen molar-refractivity contribution in [2.75, 3.05) is 0 Å². The van der Waals surface area contributed by atoms with Gasteiger partial charge in [0, 0.05) is 0 Å². The maximum atomic E-state index is 9.91. The maximum Gasteiger partial charge on any atom is 0.126 e. The Balaban J connectivity index is 2.10. The molecule has 3 heteroatoms. The Morgan fingerprint density at radius 1 is 1.28 bits per heavy atom. The predicted molar refractivity (Wildman–Crippen MR) is 70.0 cm³/mol. The monoisotopic (exact) mass is 250 g/mol. The topological polar surface area (TPSA) is 38.7 Å². The molecule has 1 aromatic carbocycles. The highest BCUT2D eigenvalue weighted by molar-refractivity contribution is 5.26. The van der Waals surface area contributed by atoms with Gasteiger partial charge in [0.05, 0.1) is 5.60 Å². The predicted octanol–water partition coefficient (Wildman–Crippen LogP) is 3.09. The van der Waals surface area contributed by atoms with Gasteiger partial charge in [0.15, 0.2) is 0 Å². The van der Waals surface area contributed by atoms with Crippen LogP contribution in [0, 0.1) is 6.92 Å². The van der Waals surface area contributed by atoms with Crippen molar-refractivity contribution in [2.45, 2.75) is 57.8 Å². The lowest BCUT2D eigenvalue weighted by atomic mass is 9.86. The molecule has 0 radical (unpaired) electrons. The van der Waals surface area contributed by atoms with Gasteiger partial charge in [-0.1, -0.05) is 29.8 Å². The van der Waals surface area contributed by atoms with E-state index in [4.69, 9.17) is 9.78 Å². The third kappa shape index (κ3) is 2.74. The van der Waals surface area contributed by atoms with Gasteiger partial charge in [0.1, 0.15) is 11.7 Å². The van der Waals surface area contributed by atoms with Gasteiger partial charge in [-0.05, 0) is 46.1 Å². The Hall–Kier alpha value is -0.900. The maximum absolute atomic E-state index is 9.91. The molecule has 2 unspecified atom stereocenters. The van der Waals surface area contributed by atoms with Crippen molar-refractivity contribution in [1.82, 2.24) is 0 Å². The quantitative estimate of drug-likeness (QED) is 0.820. The van der Waals surface area contributed by atoms with E-state index in [0.29, 0.717) is 0 Å². The van der Waals surface area contributed by atoms with Gasteiger partial charge < -0.3 is 5.11 Å². The Morgan fingerprint density at radius 3 is 2.33 bits per heavy atom. The first-order valence-electron chi connectivity index (χ1n) is 6.45. The molecule has 1 N–H and O–H groups in total. The number of hydrogen-bond donors (Lipinski definition) is 1. The second-order valence-corrected chi connectivity index (χ2v) is 5.96. The first-order valence-corrected chi connectivity index (χ1v) is 6.45. The lowest BCUT2D eigenvalue weighted by molar-refractivity contribution is -0.427. The zero-order valence-electron chi connectivity index (χ0n) is 11.6. The van der Waals surface area contributed by atoms with E-state index in [0.717, 1.165) is 18.4 Å². The van der Waals surface area contributed by atoms with Crippen LogP contribution in [0.5, 0.6) is 0 Å². The van der Waals surface area contributed by atoms with Crippen molar-refractivity contribution < 1.29 is 14.9 Å². The summed E-state index contributed by atoms with van der Waals surface area (Å²) in [6.07, 6.45) is 1.36. The zero-order valence-corrected chi connectivity index (χ0v) is 11.6. The molecule has 1 aromatic rings. The summed E-state index contributed by atoms with van der Waals surface area (Å²) in [6, 6.07) is 8.30. The Labute approximate surface area is 109 Å². The third-order valence-corrected chi connectivity index (χ3v) is 3.68. The van der Waals surface area contributed by atoms with Crippen LogP contribution in [-0.4, -0.2) is 16.8 Å². The van der Waals surface area contributed by atoms with Crippen LogP contribution in [0.2, 0.25) is 0 Å². The van der Waals surface area contributed by atoms with Gasteiger partial charge in [-0.25, -0.2) is 9.78 Å². The fraction of sp³-hybridized carbons (Fsp3) is 0.600. The molecule has 1 aliphatic heterocycles. The van der Waals surface area contributed by atoms with Crippen LogP contribution >= 0.6 is 0 Å². The van der Waals surface area contributed by atoms with Crippen LogP contribution in [0.4, 0.5) is 0 Å². The van der Waals surface area contributed by atoms with Crippen LogP contribution < -0.4 is 0 Å². The summed E-state index contributed by atoms with van der Waals surface area (Å²) in [5, 5.41) is 9.91. The zero-order chi connectivity index (χ0) is 13.4. The van der Waals surface area contributed by atoms with Crippen molar-refractivity contribution >= 4 is 0 Å². The second kappa shape index (κ2) is 4.65. The Morgan fingerprint density at radius 2 is 1.89 bits per heavy atom. The van der Waals surface area contributed by atoms with Gasteiger partial charge in [-0.15, -0.1) is 0 Å². The summed E-state index contributed by atoms with van der Waals surface area (Å²) >= 11 is 0. The van der Waals surface area contributed by atoms with E-state index in [2.05, 4.69) is 31.2 Å². The Bertz CT molecular complexity index is 395. The first-order chi connectivity index (χ1) is 8.31. The highest BCUT2D eigenvalue weighted by Gasteiger charge is 2.40. The minimum atomic E-state index is -0.866. The number of hydrogen-bond acceptors (Lipinski definition) is 3. The smallest absolute Gasteiger partial charge is 0.126 e. The van der Waals surface area contributed by atoms with Gasteiger partial charge in [-0.2, -0.15) is 0 Å². The molecule has 1 aliphatic rings. The average molecular weight is 250 g/mol. The van der Waals surface area contributed by atoms with Gasteiger partial charge in [0.2, 0.25) is 0 Å². The van der Waals surface area contributed by atoms with E-state index in [-0.39, 0.29) is 6.10 Å². The van der Waals surface area contributed by atoms with Gasteiger partial charge in [-0.3, -0.25) is 0 Å². The number of aryl methyl sites for hydroxylation is 1. The second-order valence-electron chi connectivity index (χ2n) is 5.96. The molecule has 0 saturated carbocycles. The molecule has 18 heavy (non-hydrogen) atoms. The third-order valence-electron chi connectivity index (χ3n) is 3.68. The molecule has 2 rings (SSSR count). The summed E-state index contributed by atoms with van der Waals surface area (Å²) in [7, 11) is 0. The molecule has 0 bridgehead atoms. The van der Waals surface area contributed by atoms with E-state index in [9.17, 15) is 5.11 Å². The lowest BCUT2D eigenvalue weighted by Gasteiger charge is -2.40. The van der Waals surface area contributed by atoms with E-state index < -0.39 is 11.2 Å².